The lowest BCUT2D eigenvalue weighted by Crippen LogP contribution is -2.37. The highest BCUT2D eigenvalue weighted by atomic mass is 16.5. The van der Waals surface area contributed by atoms with E-state index in [2.05, 4.69) is 24.3 Å². The number of hydrogen-bond donors (Lipinski definition) is 1. The van der Waals surface area contributed by atoms with E-state index in [9.17, 15) is 4.79 Å². The highest BCUT2D eigenvalue weighted by molar-refractivity contribution is 5.70. The lowest BCUT2D eigenvalue weighted by Gasteiger charge is -2.35. The van der Waals surface area contributed by atoms with Crippen molar-refractivity contribution in [2.75, 3.05) is 6.61 Å². The molecule has 1 atom stereocenters. The Kier molecular flexibility index (Phi) is 8.24. The molecule has 5 rings (SSSR count). The monoisotopic (exact) mass is 458 g/mol. The molecule has 3 aromatic carbocycles. The maximum absolute atomic E-state index is 11.1. The number of rotatable bonds is 9. The molecule has 2 fully saturated rings. The SMILES string of the molecule is C1CC1.CC(Cc1cccc(OCC2CC(Oc3cccc(-c4ccccc4)c3)C2)c1)C(=O)O. The smallest absolute Gasteiger partial charge is 0.306 e. The molecule has 0 heterocycles. The van der Waals surface area contributed by atoms with E-state index < -0.39 is 11.9 Å². The highest BCUT2D eigenvalue weighted by Crippen LogP contribution is 2.33. The molecule has 0 spiro atoms. The summed E-state index contributed by atoms with van der Waals surface area (Å²) in [7, 11) is 0. The predicted octanol–water partition coefficient (Wildman–Crippen LogP) is 7.02. The van der Waals surface area contributed by atoms with Crippen molar-refractivity contribution in [3.05, 3.63) is 84.4 Å². The standard InChI is InChI=1S/C27H28O4.C3H6/c1-19(27(28)29)13-20-7-5-11-24(14-20)30-18-21-15-26(16-21)31-25-12-6-10-23(17-25)22-8-3-2-4-9-22;1-2-3-1/h2-12,14,17,19,21,26H,13,15-16,18H2,1H3,(H,28,29);1-3H2. The molecular weight excluding hydrogens is 424 g/mol. The van der Waals surface area contributed by atoms with Gasteiger partial charge in [0.2, 0.25) is 0 Å². The van der Waals surface area contributed by atoms with Gasteiger partial charge >= 0.3 is 5.97 Å². The molecule has 2 aliphatic rings. The average Bonchev–Trinajstić information content (AvgIpc) is 3.71. The molecule has 0 aliphatic heterocycles. The van der Waals surface area contributed by atoms with Gasteiger partial charge in [0.05, 0.1) is 18.6 Å². The molecule has 1 N–H and O–H groups in total. The minimum Gasteiger partial charge on any atom is -0.493 e. The van der Waals surface area contributed by atoms with Crippen LogP contribution in [-0.4, -0.2) is 23.8 Å². The molecule has 0 saturated heterocycles. The molecule has 3 aromatic rings. The first-order valence-corrected chi connectivity index (χ1v) is 12.3. The normalized spacial score (nSPS) is 19.1. The van der Waals surface area contributed by atoms with Gasteiger partial charge in [-0.05, 0) is 66.1 Å². The predicted molar refractivity (Wildman–Crippen MR) is 135 cm³/mol. The minimum absolute atomic E-state index is 0.224. The van der Waals surface area contributed by atoms with Gasteiger partial charge in [-0.3, -0.25) is 4.79 Å². The van der Waals surface area contributed by atoms with Crippen LogP contribution in [-0.2, 0) is 11.2 Å². The largest absolute Gasteiger partial charge is 0.493 e. The second-order valence-corrected chi connectivity index (χ2v) is 9.43. The van der Waals surface area contributed by atoms with E-state index in [0.717, 1.165) is 35.5 Å². The summed E-state index contributed by atoms with van der Waals surface area (Å²) < 4.78 is 12.1. The Morgan fingerprint density at radius 2 is 1.56 bits per heavy atom. The van der Waals surface area contributed by atoms with Gasteiger partial charge < -0.3 is 14.6 Å². The van der Waals surface area contributed by atoms with E-state index in [0.29, 0.717) is 18.9 Å². The van der Waals surface area contributed by atoms with Gasteiger partial charge in [0, 0.05) is 0 Å². The Labute approximate surface area is 202 Å². The summed E-state index contributed by atoms with van der Waals surface area (Å²) >= 11 is 0. The molecule has 0 bridgehead atoms. The maximum Gasteiger partial charge on any atom is 0.306 e. The number of aliphatic carboxylic acids is 1. The highest BCUT2D eigenvalue weighted by Gasteiger charge is 2.31. The van der Waals surface area contributed by atoms with Crippen LogP contribution in [0.1, 0.15) is 44.6 Å². The lowest BCUT2D eigenvalue weighted by atomic mass is 9.83. The van der Waals surface area contributed by atoms with E-state index in [1.165, 1.54) is 24.8 Å². The van der Waals surface area contributed by atoms with Gasteiger partial charge in [-0.1, -0.05) is 80.8 Å². The molecule has 1 unspecified atom stereocenters. The Morgan fingerprint density at radius 3 is 2.26 bits per heavy atom. The van der Waals surface area contributed by atoms with Crippen molar-refractivity contribution >= 4 is 5.97 Å². The Bertz CT molecular complexity index is 1050. The molecule has 0 amide bonds. The first kappa shape index (κ1) is 23.9. The van der Waals surface area contributed by atoms with Crippen molar-refractivity contribution in [1.82, 2.24) is 0 Å². The molecule has 0 radical (unpaired) electrons. The van der Waals surface area contributed by atoms with Crippen molar-refractivity contribution in [2.24, 2.45) is 11.8 Å². The number of carbonyl (C=O) groups is 1. The molecule has 0 aromatic heterocycles. The van der Waals surface area contributed by atoms with Crippen LogP contribution in [0.4, 0.5) is 0 Å². The fraction of sp³-hybridized carbons (Fsp3) is 0.367. The van der Waals surface area contributed by atoms with Gasteiger partial charge in [0.15, 0.2) is 0 Å². The number of ether oxygens (including phenoxy) is 2. The van der Waals surface area contributed by atoms with Crippen LogP contribution in [0.25, 0.3) is 11.1 Å². The second-order valence-electron chi connectivity index (χ2n) is 9.43. The van der Waals surface area contributed by atoms with Crippen LogP contribution in [0.3, 0.4) is 0 Å². The number of carboxylic acid groups (broad SMARTS) is 1. The van der Waals surface area contributed by atoms with Crippen LogP contribution in [0.5, 0.6) is 11.5 Å². The maximum atomic E-state index is 11.1. The first-order chi connectivity index (χ1) is 16.6. The zero-order valence-electron chi connectivity index (χ0n) is 19.9. The molecule has 34 heavy (non-hydrogen) atoms. The van der Waals surface area contributed by atoms with Crippen molar-refractivity contribution in [1.29, 1.82) is 0 Å². The Hall–Kier alpha value is -3.27. The van der Waals surface area contributed by atoms with E-state index in [1.54, 1.807) is 6.92 Å². The summed E-state index contributed by atoms with van der Waals surface area (Å²) in [4.78, 5) is 11.1. The molecular formula is C30H34O4. The van der Waals surface area contributed by atoms with Gasteiger partial charge in [-0.15, -0.1) is 0 Å². The first-order valence-electron chi connectivity index (χ1n) is 12.3. The number of hydrogen-bond acceptors (Lipinski definition) is 3. The van der Waals surface area contributed by atoms with E-state index in [1.807, 2.05) is 54.6 Å². The average molecular weight is 459 g/mol. The number of carboxylic acids is 1. The van der Waals surface area contributed by atoms with Crippen LogP contribution < -0.4 is 9.47 Å². The third-order valence-electron chi connectivity index (χ3n) is 6.14. The van der Waals surface area contributed by atoms with E-state index in [-0.39, 0.29) is 6.10 Å². The quantitative estimate of drug-likeness (QED) is 0.374. The summed E-state index contributed by atoms with van der Waals surface area (Å²) in [5.74, 6) is 1.01. The van der Waals surface area contributed by atoms with Crippen molar-refractivity contribution in [3.63, 3.8) is 0 Å². The molecule has 178 valence electrons. The Balaban J connectivity index is 0.000000846. The summed E-state index contributed by atoms with van der Waals surface area (Å²) in [6.45, 7) is 2.38. The Morgan fingerprint density at radius 1 is 0.882 bits per heavy atom. The van der Waals surface area contributed by atoms with Crippen LogP contribution in [0, 0.1) is 11.8 Å². The fourth-order valence-electron chi connectivity index (χ4n) is 3.90. The zero-order valence-corrected chi connectivity index (χ0v) is 19.9. The van der Waals surface area contributed by atoms with E-state index in [4.69, 9.17) is 14.6 Å². The zero-order chi connectivity index (χ0) is 23.8. The van der Waals surface area contributed by atoms with Gasteiger partial charge in [-0.25, -0.2) is 0 Å². The van der Waals surface area contributed by atoms with Gasteiger partial charge in [-0.2, -0.15) is 0 Å². The number of benzene rings is 3. The van der Waals surface area contributed by atoms with Gasteiger partial charge in [0.1, 0.15) is 11.5 Å². The molecule has 4 nitrogen and oxygen atoms in total. The lowest BCUT2D eigenvalue weighted by molar-refractivity contribution is -0.141. The van der Waals surface area contributed by atoms with E-state index >= 15 is 0 Å². The van der Waals surface area contributed by atoms with Crippen LogP contribution in [0.2, 0.25) is 0 Å². The third-order valence-corrected chi connectivity index (χ3v) is 6.14. The summed E-state index contributed by atoms with van der Waals surface area (Å²) in [6.07, 6.45) is 7.19. The minimum atomic E-state index is -0.777. The summed E-state index contributed by atoms with van der Waals surface area (Å²) in [5.41, 5.74) is 3.34. The topological polar surface area (TPSA) is 55.8 Å². The molecule has 2 saturated carbocycles. The van der Waals surface area contributed by atoms with Crippen molar-refractivity contribution in [3.8, 4) is 22.6 Å². The van der Waals surface area contributed by atoms with Crippen LogP contribution >= 0.6 is 0 Å². The summed E-state index contributed by atoms with van der Waals surface area (Å²) in [5, 5.41) is 9.09. The van der Waals surface area contributed by atoms with Crippen molar-refractivity contribution < 1.29 is 19.4 Å². The fourth-order valence-corrected chi connectivity index (χ4v) is 3.90. The molecule has 4 heteroatoms. The van der Waals surface area contributed by atoms with Crippen LogP contribution in [0.15, 0.2) is 78.9 Å². The summed E-state index contributed by atoms with van der Waals surface area (Å²) in [6, 6.07) is 26.3. The second kappa shape index (κ2) is 11.7. The molecule has 2 aliphatic carbocycles. The van der Waals surface area contributed by atoms with Gasteiger partial charge in [0.25, 0.3) is 0 Å². The van der Waals surface area contributed by atoms with Crippen molar-refractivity contribution in [2.45, 2.75) is 51.6 Å². The third kappa shape index (κ3) is 7.38.